The van der Waals surface area contributed by atoms with Gasteiger partial charge in [0.15, 0.2) is 0 Å². The molecule has 3 aromatic carbocycles. The average Bonchev–Trinajstić information content (AvgIpc) is 3.32. The second-order valence-corrected chi connectivity index (χ2v) is 10.1. The van der Waals surface area contributed by atoms with Gasteiger partial charge >= 0.3 is 0 Å². The summed E-state index contributed by atoms with van der Waals surface area (Å²) in [4.78, 5) is 17.0. The Morgan fingerprint density at radius 1 is 1.26 bits per heavy atom. The molecule has 0 saturated carbocycles. The molecule has 1 amide bonds. The number of hydrogen-bond acceptors (Lipinski definition) is 7. The normalized spacial score (nSPS) is 16.4. The largest absolute Gasteiger partial charge is 0.489 e. The molecule has 1 aliphatic heterocycles. The Hall–Kier alpha value is -2.95. The zero-order valence-corrected chi connectivity index (χ0v) is 22.9. The molecule has 0 spiro atoms. The van der Waals surface area contributed by atoms with Crippen molar-refractivity contribution < 1.29 is 19.0 Å². The summed E-state index contributed by atoms with van der Waals surface area (Å²) in [5.41, 5.74) is 8.76. The molecule has 1 saturated heterocycles. The second-order valence-electron chi connectivity index (χ2n) is 8.88. The number of imidazole rings is 1. The number of fused-ring (bicyclic) bond motifs is 1. The van der Waals surface area contributed by atoms with Crippen LogP contribution in [0.15, 0.2) is 59.8 Å². The van der Waals surface area contributed by atoms with Crippen LogP contribution in [0.4, 0.5) is 0 Å². The second kappa shape index (κ2) is 11.4. The van der Waals surface area contributed by atoms with E-state index >= 15 is 0 Å². The number of ether oxygens (including phenoxy) is 3. The van der Waals surface area contributed by atoms with Crippen LogP contribution in [0.25, 0.3) is 16.7 Å². The molecule has 0 bridgehead atoms. The van der Waals surface area contributed by atoms with Crippen LogP contribution in [0.2, 0.25) is 10.0 Å². The minimum Gasteiger partial charge on any atom is -0.489 e. The number of benzene rings is 3. The number of halogens is 2. The van der Waals surface area contributed by atoms with Crippen LogP contribution < -0.4 is 20.5 Å². The van der Waals surface area contributed by atoms with Gasteiger partial charge < -0.3 is 25.3 Å². The van der Waals surface area contributed by atoms with Crippen LogP contribution in [0.5, 0.6) is 11.5 Å². The van der Waals surface area contributed by atoms with E-state index in [2.05, 4.69) is 22.9 Å². The molecule has 1 aliphatic rings. The number of morpholine rings is 1. The molecule has 11 heteroatoms. The smallest absolute Gasteiger partial charge is 0.250 e. The minimum absolute atomic E-state index is 0.0471. The van der Waals surface area contributed by atoms with Crippen LogP contribution in [-0.2, 0) is 4.74 Å². The monoisotopic (exact) mass is 572 g/mol. The number of aromatic nitrogens is 2. The number of carbonyl (C=O) groups excluding carboxylic acids is 1. The maximum Gasteiger partial charge on any atom is 0.250 e. The van der Waals surface area contributed by atoms with Crippen molar-refractivity contribution >= 4 is 52.8 Å². The van der Waals surface area contributed by atoms with E-state index in [1.54, 1.807) is 36.7 Å². The fourth-order valence-electron chi connectivity index (χ4n) is 4.32. The lowest BCUT2D eigenvalue weighted by Gasteiger charge is -2.24. The molecule has 0 aliphatic carbocycles. The van der Waals surface area contributed by atoms with Crippen molar-refractivity contribution in [3.63, 3.8) is 0 Å². The molecule has 2 heterocycles. The van der Waals surface area contributed by atoms with Crippen molar-refractivity contribution in [1.82, 2.24) is 14.9 Å². The highest BCUT2D eigenvalue weighted by atomic mass is 35.5. The van der Waals surface area contributed by atoms with E-state index in [1.165, 1.54) is 0 Å². The summed E-state index contributed by atoms with van der Waals surface area (Å²) >= 11 is 17.4. The third-order valence-corrected chi connectivity index (χ3v) is 7.38. The highest BCUT2D eigenvalue weighted by Gasteiger charge is 2.21. The number of primary amides is 1. The van der Waals surface area contributed by atoms with Gasteiger partial charge in [-0.2, -0.15) is 0 Å². The van der Waals surface area contributed by atoms with Gasteiger partial charge in [-0.15, -0.1) is 12.6 Å². The molecule has 38 heavy (non-hydrogen) atoms. The van der Waals surface area contributed by atoms with Gasteiger partial charge in [0, 0.05) is 29.7 Å². The first-order valence-corrected chi connectivity index (χ1v) is 13.2. The maximum atomic E-state index is 12.3. The summed E-state index contributed by atoms with van der Waals surface area (Å²) < 4.78 is 19.8. The topological polar surface area (TPSA) is 101 Å². The predicted molar refractivity (Wildman–Crippen MR) is 150 cm³/mol. The summed E-state index contributed by atoms with van der Waals surface area (Å²) in [7, 11) is 0. The number of carbonyl (C=O) groups is 1. The van der Waals surface area contributed by atoms with Gasteiger partial charge in [-0.3, -0.25) is 9.36 Å². The SMILES string of the molecule is C[C@@H](Oc1cc(-n2cnc3cc(Cl)ccc32)cc(C(N)=O)c1S)c1cccc(OC[C@@H]2CNCCO2)c1Cl. The Kier molecular flexibility index (Phi) is 8.01. The lowest BCUT2D eigenvalue weighted by molar-refractivity contribution is 0.000180. The van der Waals surface area contributed by atoms with Gasteiger partial charge in [-0.1, -0.05) is 35.3 Å². The van der Waals surface area contributed by atoms with Crippen LogP contribution in [0, 0.1) is 0 Å². The van der Waals surface area contributed by atoms with Gasteiger partial charge in [0.25, 0.3) is 0 Å². The van der Waals surface area contributed by atoms with E-state index in [4.69, 9.17) is 43.1 Å². The fraction of sp³-hybridized carbons (Fsp3) is 0.259. The summed E-state index contributed by atoms with van der Waals surface area (Å²) in [5, 5.41) is 4.29. The van der Waals surface area contributed by atoms with E-state index in [-0.39, 0.29) is 11.7 Å². The molecule has 0 radical (unpaired) electrons. The lowest BCUT2D eigenvalue weighted by Crippen LogP contribution is -2.41. The van der Waals surface area contributed by atoms with Crippen molar-refractivity contribution in [2.75, 3.05) is 26.3 Å². The van der Waals surface area contributed by atoms with Crippen molar-refractivity contribution in [3.05, 3.63) is 76.0 Å². The predicted octanol–water partition coefficient (Wildman–Crippen LogP) is 5.23. The Bertz CT molecular complexity index is 1490. The Morgan fingerprint density at radius 2 is 2.11 bits per heavy atom. The van der Waals surface area contributed by atoms with Crippen molar-refractivity contribution in [3.8, 4) is 17.2 Å². The van der Waals surface area contributed by atoms with Crippen molar-refractivity contribution in [2.45, 2.75) is 24.0 Å². The van der Waals surface area contributed by atoms with Crippen LogP contribution in [0.1, 0.15) is 28.9 Å². The molecule has 1 fully saturated rings. The van der Waals surface area contributed by atoms with Gasteiger partial charge in [-0.25, -0.2) is 4.98 Å². The zero-order valence-electron chi connectivity index (χ0n) is 20.5. The number of hydrogen-bond donors (Lipinski definition) is 3. The highest BCUT2D eigenvalue weighted by molar-refractivity contribution is 7.80. The fourth-order valence-corrected chi connectivity index (χ4v) is 5.11. The zero-order chi connectivity index (χ0) is 26.8. The van der Waals surface area contributed by atoms with E-state index in [0.29, 0.717) is 56.4 Å². The standard InChI is InChI=1S/C27H26Cl2N4O4S/c1-15(19-3-2-4-23(25(19)29)36-13-18-12-31-7-8-35-18)37-24-11-17(10-20(26(24)38)27(30)34)33-14-32-21-9-16(28)5-6-22(21)33/h2-6,9-11,14-15,18,31,38H,7-8,12-13H2,1H3,(H2,30,34)/t15-,18+/m1/s1. The molecule has 198 valence electrons. The molecule has 4 aromatic rings. The summed E-state index contributed by atoms with van der Waals surface area (Å²) in [6.45, 7) is 4.43. The first-order chi connectivity index (χ1) is 18.3. The molecular weight excluding hydrogens is 547 g/mol. The first kappa shape index (κ1) is 26.6. The van der Waals surface area contributed by atoms with Gasteiger partial charge in [0.2, 0.25) is 5.91 Å². The Balaban J connectivity index is 1.44. The van der Waals surface area contributed by atoms with Crippen LogP contribution in [-0.4, -0.2) is 47.9 Å². The molecule has 0 unspecified atom stereocenters. The van der Waals surface area contributed by atoms with Crippen LogP contribution in [0.3, 0.4) is 0 Å². The Labute approximate surface area is 235 Å². The van der Waals surface area contributed by atoms with Gasteiger partial charge in [0.05, 0.1) is 38.8 Å². The van der Waals surface area contributed by atoms with E-state index in [9.17, 15) is 4.79 Å². The molecule has 3 N–H and O–H groups in total. The number of amides is 1. The average molecular weight is 574 g/mol. The maximum absolute atomic E-state index is 12.3. The van der Waals surface area contributed by atoms with Gasteiger partial charge in [0.1, 0.15) is 36.6 Å². The molecule has 1 aromatic heterocycles. The third-order valence-electron chi connectivity index (χ3n) is 6.28. The quantitative estimate of drug-likeness (QED) is 0.250. The number of nitrogens with two attached hydrogens (primary N) is 1. The van der Waals surface area contributed by atoms with Crippen LogP contribution >= 0.6 is 35.8 Å². The summed E-state index contributed by atoms with van der Waals surface area (Å²) in [6, 6.07) is 14.4. The van der Waals surface area contributed by atoms with Crippen molar-refractivity contribution in [2.24, 2.45) is 5.73 Å². The molecule has 2 atom stereocenters. The summed E-state index contributed by atoms with van der Waals surface area (Å²) in [6.07, 6.45) is 1.10. The molecule has 5 rings (SSSR count). The third kappa shape index (κ3) is 5.57. The Morgan fingerprint density at radius 3 is 2.87 bits per heavy atom. The summed E-state index contributed by atoms with van der Waals surface area (Å²) in [5.74, 6) is 0.275. The lowest BCUT2D eigenvalue weighted by atomic mass is 10.1. The highest BCUT2D eigenvalue weighted by Crippen LogP contribution is 2.38. The minimum atomic E-state index is -0.630. The number of rotatable bonds is 8. The van der Waals surface area contributed by atoms with E-state index in [1.807, 2.05) is 29.7 Å². The number of thiol groups is 1. The van der Waals surface area contributed by atoms with E-state index in [0.717, 1.165) is 18.6 Å². The molecular formula is C27H26Cl2N4O4S. The van der Waals surface area contributed by atoms with Gasteiger partial charge in [-0.05, 0) is 37.3 Å². The first-order valence-electron chi connectivity index (χ1n) is 12.0. The molecule has 8 nitrogen and oxygen atoms in total. The number of nitrogens with zero attached hydrogens (tertiary/aromatic N) is 2. The number of nitrogens with one attached hydrogen (secondary N) is 1. The van der Waals surface area contributed by atoms with E-state index < -0.39 is 12.0 Å². The van der Waals surface area contributed by atoms with Crippen molar-refractivity contribution in [1.29, 1.82) is 0 Å².